The third kappa shape index (κ3) is 3.21. The molecule has 0 unspecified atom stereocenters. The third-order valence-corrected chi connectivity index (χ3v) is 3.57. The van der Waals surface area contributed by atoms with Gasteiger partial charge >= 0.3 is 0 Å². The molecule has 21 heavy (non-hydrogen) atoms. The zero-order valence-corrected chi connectivity index (χ0v) is 12.7. The first-order chi connectivity index (χ1) is 10.2. The van der Waals surface area contributed by atoms with Crippen LogP contribution < -0.4 is 10.6 Å². The lowest BCUT2D eigenvalue weighted by Crippen LogP contribution is -2.16. The number of nitrogens with zero attached hydrogens (tertiary/aromatic N) is 1. The Balaban J connectivity index is 2.36. The van der Waals surface area contributed by atoms with Crippen molar-refractivity contribution in [3.8, 4) is 0 Å². The Labute approximate surface area is 125 Å². The van der Waals surface area contributed by atoms with E-state index >= 15 is 0 Å². The van der Waals surface area contributed by atoms with Gasteiger partial charge in [0.05, 0.1) is 5.56 Å². The lowest BCUT2D eigenvalue weighted by atomic mass is 10.0. The van der Waals surface area contributed by atoms with Gasteiger partial charge in [-0.15, -0.1) is 0 Å². The quantitative estimate of drug-likeness (QED) is 0.883. The van der Waals surface area contributed by atoms with E-state index in [9.17, 15) is 4.79 Å². The molecule has 0 aliphatic heterocycles. The summed E-state index contributed by atoms with van der Waals surface area (Å²) in [5.41, 5.74) is 4.55. The zero-order valence-electron chi connectivity index (χ0n) is 12.7. The first kappa shape index (κ1) is 15.0. The van der Waals surface area contributed by atoms with Gasteiger partial charge in [0.1, 0.15) is 0 Å². The number of rotatable bonds is 5. The zero-order chi connectivity index (χ0) is 15.2. The predicted octanol–water partition coefficient (Wildman–Crippen LogP) is 3.50. The Bertz CT molecular complexity index is 615. The van der Waals surface area contributed by atoms with Crippen LogP contribution >= 0.6 is 0 Å². The van der Waals surface area contributed by atoms with Crippen molar-refractivity contribution in [2.45, 2.75) is 26.7 Å². The lowest BCUT2D eigenvalue weighted by molar-refractivity contribution is 0.102. The lowest BCUT2D eigenvalue weighted by Gasteiger charge is -2.15. The molecule has 1 aromatic heterocycles. The molecule has 1 heterocycles. The highest BCUT2D eigenvalue weighted by molar-refractivity contribution is 6.08. The van der Waals surface area contributed by atoms with Crippen LogP contribution in [-0.2, 0) is 12.8 Å². The fourth-order valence-electron chi connectivity index (χ4n) is 2.38. The van der Waals surface area contributed by atoms with E-state index in [4.69, 9.17) is 0 Å². The number of carbonyl (C=O) groups is 1. The molecule has 1 amide bonds. The molecule has 4 heteroatoms. The molecule has 0 aliphatic carbocycles. The van der Waals surface area contributed by atoms with Crippen LogP contribution in [0.5, 0.6) is 0 Å². The maximum Gasteiger partial charge on any atom is 0.259 e. The van der Waals surface area contributed by atoms with Crippen LogP contribution in [0.4, 0.5) is 11.4 Å². The molecule has 2 rings (SSSR count). The van der Waals surface area contributed by atoms with Crippen LogP contribution in [0.2, 0.25) is 0 Å². The summed E-state index contributed by atoms with van der Waals surface area (Å²) in [6.07, 6.45) is 5.02. The van der Waals surface area contributed by atoms with Gasteiger partial charge < -0.3 is 10.6 Å². The summed E-state index contributed by atoms with van der Waals surface area (Å²) in [4.78, 5) is 16.6. The van der Waals surface area contributed by atoms with Crippen molar-refractivity contribution in [2.75, 3.05) is 17.7 Å². The third-order valence-electron chi connectivity index (χ3n) is 3.57. The number of carbonyl (C=O) groups excluding carboxylic acids is 1. The van der Waals surface area contributed by atoms with Crippen LogP contribution in [0.3, 0.4) is 0 Å². The monoisotopic (exact) mass is 283 g/mol. The van der Waals surface area contributed by atoms with E-state index in [2.05, 4.69) is 41.6 Å². The molecule has 110 valence electrons. The molecule has 0 aliphatic rings. The van der Waals surface area contributed by atoms with Gasteiger partial charge in [-0.2, -0.15) is 0 Å². The van der Waals surface area contributed by atoms with E-state index in [1.165, 1.54) is 0 Å². The number of hydrogen-bond acceptors (Lipinski definition) is 3. The number of nitrogens with one attached hydrogen (secondary N) is 2. The SMILES string of the molecule is CCc1cccc(CC)c1NC(=O)c1cnccc1NC. The van der Waals surface area contributed by atoms with Gasteiger partial charge in [-0.25, -0.2) is 0 Å². The average Bonchev–Trinajstić information content (AvgIpc) is 2.54. The first-order valence-electron chi connectivity index (χ1n) is 7.25. The summed E-state index contributed by atoms with van der Waals surface area (Å²) < 4.78 is 0. The number of aromatic nitrogens is 1. The summed E-state index contributed by atoms with van der Waals surface area (Å²) in [7, 11) is 1.80. The number of hydrogen-bond donors (Lipinski definition) is 2. The van der Waals surface area contributed by atoms with Crippen molar-refractivity contribution in [1.29, 1.82) is 0 Å². The predicted molar refractivity (Wildman–Crippen MR) is 86.9 cm³/mol. The Morgan fingerprint density at radius 1 is 1.14 bits per heavy atom. The van der Waals surface area contributed by atoms with Gasteiger partial charge in [0.2, 0.25) is 0 Å². The second-order valence-corrected chi connectivity index (χ2v) is 4.78. The summed E-state index contributed by atoms with van der Waals surface area (Å²) in [6, 6.07) is 7.94. The molecule has 4 nitrogen and oxygen atoms in total. The maximum atomic E-state index is 12.5. The Morgan fingerprint density at radius 3 is 2.38 bits per heavy atom. The molecule has 2 N–H and O–H groups in total. The molecule has 0 bridgehead atoms. The largest absolute Gasteiger partial charge is 0.387 e. The Kier molecular flexibility index (Phi) is 4.93. The molecule has 0 fully saturated rings. The molecular weight excluding hydrogens is 262 g/mol. The second-order valence-electron chi connectivity index (χ2n) is 4.78. The van der Waals surface area contributed by atoms with E-state index < -0.39 is 0 Å². The first-order valence-corrected chi connectivity index (χ1v) is 7.25. The molecule has 1 aromatic carbocycles. The van der Waals surface area contributed by atoms with Crippen LogP contribution in [0.15, 0.2) is 36.7 Å². The molecule has 0 radical (unpaired) electrons. The van der Waals surface area contributed by atoms with Gasteiger partial charge in [0.25, 0.3) is 5.91 Å². The molecular formula is C17H21N3O. The van der Waals surface area contributed by atoms with Crippen molar-refractivity contribution < 1.29 is 4.79 Å². The van der Waals surface area contributed by atoms with E-state index in [1.54, 1.807) is 25.5 Å². The highest BCUT2D eigenvalue weighted by atomic mass is 16.1. The van der Waals surface area contributed by atoms with Crippen molar-refractivity contribution in [3.05, 3.63) is 53.3 Å². The Hall–Kier alpha value is -2.36. The van der Waals surface area contributed by atoms with E-state index in [0.717, 1.165) is 35.3 Å². The minimum absolute atomic E-state index is 0.136. The molecule has 2 aromatic rings. The summed E-state index contributed by atoms with van der Waals surface area (Å²) in [5, 5.41) is 6.07. The van der Waals surface area contributed by atoms with E-state index in [0.29, 0.717) is 5.56 Å². The van der Waals surface area contributed by atoms with Gasteiger partial charge in [-0.3, -0.25) is 9.78 Å². The topological polar surface area (TPSA) is 54.0 Å². The van der Waals surface area contributed by atoms with E-state index in [-0.39, 0.29) is 5.91 Å². The van der Waals surface area contributed by atoms with Crippen LogP contribution in [0.25, 0.3) is 0 Å². The molecule has 0 atom stereocenters. The average molecular weight is 283 g/mol. The van der Waals surface area contributed by atoms with Gasteiger partial charge in [0, 0.05) is 30.8 Å². The van der Waals surface area contributed by atoms with Gasteiger partial charge in [0.15, 0.2) is 0 Å². The second kappa shape index (κ2) is 6.88. The number of amides is 1. The number of benzene rings is 1. The van der Waals surface area contributed by atoms with Gasteiger partial charge in [-0.1, -0.05) is 32.0 Å². The highest BCUT2D eigenvalue weighted by Gasteiger charge is 2.14. The number of anilines is 2. The summed E-state index contributed by atoms with van der Waals surface area (Å²) in [6.45, 7) is 4.18. The minimum Gasteiger partial charge on any atom is -0.387 e. The van der Waals surface area contributed by atoms with Crippen LogP contribution in [-0.4, -0.2) is 17.9 Å². The smallest absolute Gasteiger partial charge is 0.259 e. The normalized spacial score (nSPS) is 10.2. The number of aryl methyl sites for hydroxylation is 2. The fourth-order valence-corrected chi connectivity index (χ4v) is 2.38. The van der Waals surface area contributed by atoms with Crippen LogP contribution in [0, 0.1) is 0 Å². The number of para-hydroxylation sites is 1. The minimum atomic E-state index is -0.136. The van der Waals surface area contributed by atoms with Crippen LogP contribution in [0.1, 0.15) is 35.3 Å². The van der Waals surface area contributed by atoms with Gasteiger partial charge in [-0.05, 0) is 30.0 Å². The van der Waals surface area contributed by atoms with Crippen molar-refractivity contribution in [3.63, 3.8) is 0 Å². The van der Waals surface area contributed by atoms with Crippen molar-refractivity contribution in [1.82, 2.24) is 4.98 Å². The summed E-state index contributed by atoms with van der Waals surface area (Å²) >= 11 is 0. The highest BCUT2D eigenvalue weighted by Crippen LogP contribution is 2.24. The molecule has 0 spiro atoms. The standard InChI is InChI=1S/C17H21N3O/c1-4-12-7-6-8-13(5-2)16(12)20-17(21)14-11-19-10-9-15(14)18-3/h6-11H,4-5H2,1-3H3,(H,18,19)(H,20,21). The molecule has 0 saturated heterocycles. The van der Waals surface area contributed by atoms with Crippen molar-refractivity contribution >= 4 is 17.3 Å². The van der Waals surface area contributed by atoms with E-state index in [1.807, 2.05) is 6.07 Å². The maximum absolute atomic E-state index is 12.5. The molecule has 0 saturated carbocycles. The Morgan fingerprint density at radius 2 is 1.81 bits per heavy atom. The number of pyridine rings is 1. The fraction of sp³-hybridized carbons (Fsp3) is 0.294. The van der Waals surface area contributed by atoms with Crippen molar-refractivity contribution in [2.24, 2.45) is 0 Å². The summed E-state index contributed by atoms with van der Waals surface area (Å²) in [5.74, 6) is -0.136.